The Morgan fingerprint density at radius 1 is 0.918 bits per heavy atom. The van der Waals surface area contributed by atoms with Crippen molar-refractivity contribution in [2.24, 2.45) is 5.16 Å². The van der Waals surface area contributed by atoms with Gasteiger partial charge in [0.25, 0.3) is 5.91 Å². The maximum Gasteiger partial charge on any atom is 0.413 e. The van der Waals surface area contributed by atoms with Gasteiger partial charge in [0.15, 0.2) is 16.9 Å². The molecule has 0 radical (unpaired) electrons. The highest BCUT2D eigenvalue weighted by atomic mass is 32.1. The third-order valence-electron chi connectivity index (χ3n) is 9.47. The highest BCUT2D eigenvalue weighted by molar-refractivity contribution is 7.14. The Hall–Kier alpha value is -6.37. The van der Waals surface area contributed by atoms with Gasteiger partial charge in [0.2, 0.25) is 11.5 Å². The zero-order valence-corrected chi connectivity index (χ0v) is 36.0. The number of alkyl carbamates (subject to hydrolysis) is 1. The van der Waals surface area contributed by atoms with Crippen LogP contribution in [0.4, 0.5) is 14.7 Å². The Labute approximate surface area is 357 Å². The lowest BCUT2D eigenvalue weighted by atomic mass is 9.98. The number of thiazole rings is 1. The van der Waals surface area contributed by atoms with E-state index < -0.39 is 65.0 Å². The number of carbonyl (C=O) groups is 5. The number of aryl methyl sites for hydroxylation is 1. The molecule has 1 aliphatic heterocycles. The van der Waals surface area contributed by atoms with E-state index in [0.717, 1.165) is 22.5 Å². The first kappa shape index (κ1) is 44.2. The van der Waals surface area contributed by atoms with Crippen LogP contribution in [0.3, 0.4) is 0 Å². The van der Waals surface area contributed by atoms with Crippen molar-refractivity contribution in [3.05, 3.63) is 94.3 Å². The summed E-state index contributed by atoms with van der Waals surface area (Å²) in [4.78, 5) is 78.0. The van der Waals surface area contributed by atoms with Crippen molar-refractivity contribution in [3.63, 3.8) is 0 Å². The number of nitrogens with one attached hydrogen (secondary N) is 4. The zero-order chi connectivity index (χ0) is 44.0. The third-order valence-corrected chi connectivity index (χ3v) is 10.2. The quantitative estimate of drug-likeness (QED) is 0.0408. The third kappa shape index (κ3) is 11.7. The molecule has 3 heterocycles. The molecule has 0 unspecified atom stereocenters. The van der Waals surface area contributed by atoms with Crippen LogP contribution in [0.2, 0.25) is 0 Å². The molecule has 4 amide bonds. The standard InChI is InChI=1S/C42H51N9O9S/c1-25-28(22-43-38(55)58-40(2,3)4)49-51(48-25)23-29-31(34(52)44-29)46-35(53)32(30-24-61-37(45-30)47-39(56)59-41(5,6)7)50-60-42(20-14-15-21-42)36(54)57-33(26-16-10-8-11-17-26)27-18-12-9-13-19-27/h8-13,16-19,24,29,31,33H,14-15,20-23H2,1-7H3,(H,43,55)(H,44,52)(H,46,53)(H,45,47,56)/b50-32-/t29-,31+/m1/s1. The van der Waals surface area contributed by atoms with Crippen molar-refractivity contribution < 1.29 is 43.0 Å². The van der Waals surface area contributed by atoms with Gasteiger partial charge in [-0.3, -0.25) is 14.9 Å². The van der Waals surface area contributed by atoms with Gasteiger partial charge in [-0.1, -0.05) is 65.8 Å². The Morgan fingerprint density at radius 3 is 2.11 bits per heavy atom. The van der Waals surface area contributed by atoms with E-state index in [2.05, 4.69) is 41.6 Å². The molecule has 0 bridgehead atoms. The number of rotatable bonds is 14. The average molecular weight is 858 g/mol. The van der Waals surface area contributed by atoms with Gasteiger partial charge in [0, 0.05) is 18.2 Å². The van der Waals surface area contributed by atoms with Gasteiger partial charge in [-0.2, -0.15) is 15.0 Å². The molecule has 61 heavy (non-hydrogen) atoms. The van der Waals surface area contributed by atoms with E-state index in [-0.39, 0.29) is 42.5 Å². The second-order valence-electron chi connectivity index (χ2n) is 16.7. The van der Waals surface area contributed by atoms with Crippen LogP contribution in [0.25, 0.3) is 0 Å². The molecule has 2 aliphatic rings. The Bertz CT molecular complexity index is 2200. The molecule has 1 aliphatic carbocycles. The van der Waals surface area contributed by atoms with E-state index in [4.69, 9.17) is 19.0 Å². The number of β-lactam (4-membered cyclic amide) rings is 1. The second kappa shape index (κ2) is 18.5. The number of nitrogens with zero attached hydrogens (tertiary/aromatic N) is 5. The van der Waals surface area contributed by atoms with Crippen molar-refractivity contribution in [1.82, 2.24) is 35.9 Å². The van der Waals surface area contributed by atoms with Gasteiger partial charge >= 0.3 is 18.2 Å². The first-order valence-electron chi connectivity index (χ1n) is 19.9. The molecular formula is C42H51N9O9S. The normalized spacial score (nSPS) is 17.4. The number of hydrogen-bond acceptors (Lipinski definition) is 14. The summed E-state index contributed by atoms with van der Waals surface area (Å²) in [6.45, 7) is 12.3. The maximum atomic E-state index is 14.2. The summed E-state index contributed by atoms with van der Waals surface area (Å²) in [5.74, 6) is -1.96. The highest BCUT2D eigenvalue weighted by Crippen LogP contribution is 2.38. The van der Waals surface area contributed by atoms with Gasteiger partial charge in [-0.05, 0) is 72.4 Å². The smallest absolute Gasteiger partial charge is 0.413 e. The molecule has 324 valence electrons. The number of hydrogen-bond donors (Lipinski definition) is 4. The molecule has 4 aromatic rings. The number of oxime groups is 1. The molecule has 18 nitrogen and oxygen atoms in total. The second-order valence-corrected chi connectivity index (χ2v) is 17.6. The molecule has 2 fully saturated rings. The van der Waals surface area contributed by atoms with Crippen LogP contribution in [0.1, 0.15) is 102 Å². The minimum absolute atomic E-state index is 0.00398. The molecule has 2 aromatic carbocycles. The summed E-state index contributed by atoms with van der Waals surface area (Å²) >= 11 is 1.01. The van der Waals surface area contributed by atoms with Crippen molar-refractivity contribution in [2.75, 3.05) is 5.32 Å². The summed E-state index contributed by atoms with van der Waals surface area (Å²) < 4.78 is 16.9. The highest BCUT2D eigenvalue weighted by Gasteiger charge is 2.48. The number of carbonyl (C=O) groups excluding carboxylic acids is 5. The first-order chi connectivity index (χ1) is 28.9. The predicted octanol–water partition coefficient (Wildman–Crippen LogP) is 5.46. The van der Waals surface area contributed by atoms with Gasteiger partial charge in [0.1, 0.15) is 28.6 Å². The van der Waals surface area contributed by atoms with E-state index in [1.54, 1.807) is 48.5 Å². The number of anilines is 1. The average Bonchev–Trinajstić information content (AvgIpc) is 3.95. The van der Waals surface area contributed by atoms with Crippen LogP contribution >= 0.6 is 11.3 Å². The summed E-state index contributed by atoms with van der Waals surface area (Å²) in [7, 11) is 0. The van der Waals surface area contributed by atoms with Crippen LogP contribution in [-0.4, -0.2) is 84.5 Å². The van der Waals surface area contributed by atoms with Gasteiger partial charge < -0.3 is 35.0 Å². The molecule has 19 heteroatoms. The predicted molar refractivity (Wildman–Crippen MR) is 223 cm³/mol. The molecule has 0 spiro atoms. The Morgan fingerprint density at radius 2 is 1.52 bits per heavy atom. The van der Waals surface area contributed by atoms with Gasteiger partial charge in [-0.25, -0.2) is 19.4 Å². The van der Waals surface area contributed by atoms with Crippen LogP contribution < -0.4 is 21.3 Å². The number of esters is 1. The minimum atomic E-state index is -1.54. The lowest BCUT2D eigenvalue weighted by Gasteiger charge is -2.36. The largest absolute Gasteiger partial charge is 0.450 e. The Kier molecular flexibility index (Phi) is 13.4. The number of amides is 4. The molecular weight excluding hydrogens is 807 g/mol. The van der Waals surface area contributed by atoms with E-state index in [0.29, 0.717) is 24.2 Å². The number of aromatic nitrogens is 4. The summed E-state index contributed by atoms with van der Waals surface area (Å²) in [5, 5.41) is 25.5. The summed E-state index contributed by atoms with van der Waals surface area (Å²) in [6.07, 6.45) is -0.308. The molecule has 2 atom stereocenters. The van der Waals surface area contributed by atoms with Gasteiger partial charge in [-0.15, -0.1) is 11.3 Å². The molecule has 1 saturated carbocycles. The van der Waals surface area contributed by atoms with Gasteiger partial charge in [0.05, 0.1) is 24.8 Å². The molecule has 4 N–H and O–H groups in total. The van der Waals surface area contributed by atoms with E-state index >= 15 is 0 Å². The number of benzene rings is 2. The van der Waals surface area contributed by atoms with Crippen LogP contribution in [0.15, 0.2) is 71.2 Å². The maximum absolute atomic E-state index is 14.2. The van der Waals surface area contributed by atoms with Crippen molar-refractivity contribution in [3.8, 4) is 0 Å². The van der Waals surface area contributed by atoms with Crippen LogP contribution in [0, 0.1) is 6.92 Å². The monoisotopic (exact) mass is 857 g/mol. The van der Waals surface area contributed by atoms with Crippen LogP contribution in [0.5, 0.6) is 0 Å². The fourth-order valence-corrected chi connectivity index (χ4v) is 7.25. The number of ether oxygens (including phenoxy) is 3. The lowest BCUT2D eigenvalue weighted by Crippen LogP contribution is -2.70. The van der Waals surface area contributed by atoms with Crippen molar-refractivity contribution in [1.29, 1.82) is 0 Å². The Balaban J connectivity index is 1.22. The summed E-state index contributed by atoms with van der Waals surface area (Å²) in [5.41, 5.74) is -0.794. The lowest BCUT2D eigenvalue weighted by molar-refractivity contribution is -0.176. The topological polar surface area (TPSA) is 226 Å². The fraction of sp³-hybridized carbons (Fsp3) is 0.452. The minimum Gasteiger partial charge on any atom is -0.450 e. The van der Waals surface area contributed by atoms with E-state index in [1.807, 2.05) is 60.7 Å². The van der Waals surface area contributed by atoms with E-state index in [9.17, 15) is 24.0 Å². The summed E-state index contributed by atoms with van der Waals surface area (Å²) in [6, 6.07) is 17.0. The fourth-order valence-electron chi connectivity index (χ4n) is 6.57. The molecule has 6 rings (SSSR count). The zero-order valence-electron chi connectivity index (χ0n) is 35.1. The van der Waals surface area contributed by atoms with Crippen molar-refractivity contribution in [2.45, 2.75) is 122 Å². The molecule has 1 saturated heterocycles. The molecule has 2 aromatic heterocycles. The van der Waals surface area contributed by atoms with E-state index in [1.165, 1.54) is 10.2 Å². The SMILES string of the molecule is Cc1nn(C[C@H]2NC(=O)[C@H]2NC(=O)/C(=N\OC2(C(=O)OC(c3ccccc3)c3ccccc3)CCCC2)c2csc(NC(=O)OC(C)(C)C)n2)nc1CNC(=O)OC(C)(C)C. The van der Waals surface area contributed by atoms with Crippen molar-refractivity contribution >= 4 is 52.2 Å². The first-order valence-corrected chi connectivity index (χ1v) is 20.8. The van der Waals surface area contributed by atoms with Crippen LogP contribution in [-0.2, 0) is 46.5 Å².